The molecular formula is C4H12ClNSi. The molecule has 0 fully saturated rings. The first-order valence-corrected chi connectivity index (χ1v) is 5.82. The van der Waals surface area contributed by atoms with Crippen LogP contribution in [0.2, 0.25) is 6.04 Å². The predicted molar refractivity (Wildman–Crippen MR) is 37.7 cm³/mol. The molecule has 0 bridgehead atoms. The summed E-state index contributed by atoms with van der Waals surface area (Å²) in [6.45, 7) is 4.30. The molecule has 0 aromatic heterocycles. The van der Waals surface area contributed by atoms with Gasteiger partial charge in [-0.25, -0.2) is 0 Å². The maximum absolute atomic E-state index is 5.54. The summed E-state index contributed by atoms with van der Waals surface area (Å²) in [7, 11) is -0.197. The van der Waals surface area contributed by atoms with Crippen LogP contribution in [0, 0.1) is 0 Å². The van der Waals surface area contributed by atoms with E-state index < -0.39 is 0 Å². The maximum atomic E-state index is 5.54. The van der Waals surface area contributed by atoms with Gasteiger partial charge in [-0.1, -0.05) is 6.92 Å². The van der Waals surface area contributed by atoms with Crippen LogP contribution < -0.4 is 5.32 Å². The molecule has 0 unspecified atom stereocenters. The Balaban J connectivity index is 2.45. The third-order valence-corrected chi connectivity index (χ3v) is 2.16. The summed E-state index contributed by atoms with van der Waals surface area (Å²) in [5.41, 5.74) is 0. The number of halogens is 1. The first-order chi connectivity index (χ1) is 3.41. The van der Waals surface area contributed by atoms with Gasteiger partial charge < -0.3 is 5.32 Å². The number of nitrogens with one attached hydrogen (secondary N) is 1. The van der Waals surface area contributed by atoms with Gasteiger partial charge in [0.05, 0.1) is 0 Å². The highest BCUT2D eigenvalue weighted by Gasteiger charge is 1.80. The van der Waals surface area contributed by atoms with E-state index in [2.05, 4.69) is 12.2 Å². The van der Waals surface area contributed by atoms with Gasteiger partial charge in [-0.3, -0.25) is 0 Å². The van der Waals surface area contributed by atoms with Gasteiger partial charge in [-0.15, -0.1) is 0 Å². The molecule has 0 amide bonds. The van der Waals surface area contributed by atoms with Crippen LogP contribution in [-0.4, -0.2) is 21.9 Å². The van der Waals surface area contributed by atoms with Crippen molar-refractivity contribution in [3.8, 4) is 0 Å². The molecule has 44 valence electrons. The smallest absolute Gasteiger partial charge is 0.126 e. The Kier molecular flexibility index (Phi) is 6.90. The molecule has 0 atom stereocenters. The fraction of sp³-hybridized carbons (Fsp3) is 1.00. The molecule has 0 aliphatic rings. The average Bonchev–Trinajstić information content (AvgIpc) is 1.69. The predicted octanol–water partition coefficient (Wildman–Crippen LogP) is 0.337. The van der Waals surface area contributed by atoms with Crippen molar-refractivity contribution < 1.29 is 0 Å². The number of hydrogen-bond acceptors (Lipinski definition) is 1. The van der Waals surface area contributed by atoms with Crippen molar-refractivity contribution in [1.82, 2.24) is 5.32 Å². The topological polar surface area (TPSA) is 12.0 Å². The van der Waals surface area contributed by atoms with Crippen molar-refractivity contribution >= 4 is 19.9 Å². The minimum Gasteiger partial charge on any atom is -0.317 e. The highest BCUT2D eigenvalue weighted by atomic mass is 35.6. The molecule has 0 aromatic rings. The summed E-state index contributed by atoms with van der Waals surface area (Å²) in [4.78, 5) is 0. The molecule has 0 saturated heterocycles. The third-order valence-electron chi connectivity index (χ3n) is 0.737. The van der Waals surface area contributed by atoms with E-state index in [4.69, 9.17) is 11.1 Å². The highest BCUT2D eigenvalue weighted by molar-refractivity contribution is 6.93. The van der Waals surface area contributed by atoms with Crippen LogP contribution >= 0.6 is 11.1 Å². The molecule has 0 aliphatic heterocycles. The van der Waals surface area contributed by atoms with Crippen molar-refractivity contribution in [3.05, 3.63) is 0 Å². The van der Waals surface area contributed by atoms with Crippen molar-refractivity contribution in [3.63, 3.8) is 0 Å². The minimum absolute atomic E-state index is 0.197. The van der Waals surface area contributed by atoms with Crippen molar-refractivity contribution in [2.75, 3.05) is 13.1 Å². The van der Waals surface area contributed by atoms with E-state index in [0.717, 1.165) is 13.1 Å². The highest BCUT2D eigenvalue weighted by Crippen LogP contribution is 1.77. The zero-order valence-corrected chi connectivity index (χ0v) is 6.88. The van der Waals surface area contributed by atoms with Gasteiger partial charge in [0.25, 0.3) is 0 Å². The second-order valence-corrected chi connectivity index (χ2v) is 3.62. The zero-order chi connectivity index (χ0) is 5.54. The second kappa shape index (κ2) is 6.47. The van der Waals surface area contributed by atoms with E-state index in [1.54, 1.807) is 0 Å². The lowest BCUT2D eigenvalue weighted by Gasteiger charge is -1.93. The molecule has 0 radical (unpaired) electrons. The summed E-state index contributed by atoms with van der Waals surface area (Å²) in [5.74, 6) is 0. The zero-order valence-electron chi connectivity index (χ0n) is 4.71. The Morgan fingerprint density at radius 2 is 2.43 bits per heavy atom. The lowest BCUT2D eigenvalue weighted by atomic mass is 10.7. The lowest BCUT2D eigenvalue weighted by Crippen LogP contribution is -2.14. The fourth-order valence-corrected chi connectivity index (χ4v) is 1.15. The third kappa shape index (κ3) is 6.47. The van der Waals surface area contributed by atoms with Gasteiger partial charge in [0.2, 0.25) is 0 Å². The monoisotopic (exact) mass is 137 g/mol. The molecule has 7 heavy (non-hydrogen) atoms. The van der Waals surface area contributed by atoms with Gasteiger partial charge >= 0.3 is 0 Å². The SMILES string of the molecule is CCNCC[SiH2]Cl. The van der Waals surface area contributed by atoms with Crippen molar-refractivity contribution in [2.24, 2.45) is 0 Å². The van der Waals surface area contributed by atoms with Crippen LogP contribution in [0.1, 0.15) is 6.92 Å². The largest absolute Gasteiger partial charge is 0.317 e. The Morgan fingerprint density at radius 3 is 2.86 bits per heavy atom. The van der Waals surface area contributed by atoms with E-state index in [9.17, 15) is 0 Å². The van der Waals surface area contributed by atoms with Crippen LogP contribution in [0.15, 0.2) is 0 Å². The average molecular weight is 138 g/mol. The Bertz CT molecular complexity index is 30.9. The maximum Gasteiger partial charge on any atom is 0.126 e. The second-order valence-electron chi connectivity index (χ2n) is 1.40. The molecule has 0 aliphatic carbocycles. The standard InChI is InChI=1S/C4H12ClNSi/c1-2-6-3-4-7-5/h6H,2-4,7H2,1H3. The molecule has 1 N–H and O–H groups in total. The van der Waals surface area contributed by atoms with Gasteiger partial charge in [0.1, 0.15) is 8.83 Å². The fourth-order valence-electron chi connectivity index (χ4n) is 0.369. The van der Waals surface area contributed by atoms with Gasteiger partial charge in [-0.2, -0.15) is 11.1 Å². The van der Waals surface area contributed by atoms with E-state index >= 15 is 0 Å². The van der Waals surface area contributed by atoms with E-state index in [1.807, 2.05) is 0 Å². The molecule has 0 heterocycles. The normalized spacial score (nSPS) is 11.1. The van der Waals surface area contributed by atoms with Crippen LogP contribution in [0.25, 0.3) is 0 Å². The molecule has 1 nitrogen and oxygen atoms in total. The summed E-state index contributed by atoms with van der Waals surface area (Å²) in [5, 5.41) is 3.20. The summed E-state index contributed by atoms with van der Waals surface area (Å²) in [6.07, 6.45) is 0. The molecule has 0 saturated carbocycles. The van der Waals surface area contributed by atoms with Gasteiger partial charge in [-0.05, 0) is 19.1 Å². The number of rotatable bonds is 4. The summed E-state index contributed by atoms with van der Waals surface area (Å²) in [6, 6.07) is 1.22. The molecule has 3 heteroatoms. The van der Waals surface area contributed by atoms with Crippen LogP contribution in [0.4, 0.5) is 0 Å². The van der Waals surface area contributed by atoms with Gasteiger partial charge in [0, 0.05) is 0 Å². The van der Waals surface area contributed by atoms with E-state index in [1.165, 1.54) is 6.04 Å². The van der Waals surface area contributed by atoms with Crippen molar-refractivity contribution in [1.29, 1.82) is 0 Å². The molecule has 0 rings (SSSR count). The van der Waals surface area contributed by atoms with Crippen LogP contribution in [-0.2, 0) is 0 Å². The first kappa shape index (κ1) is 7.47. The summed E-state index contributed by atoms with van der Waals surface area (Å²) < 4.78 is 0. The minimum atomic E-state index is -0.197. The lowest BCUT2D eigenvalue weighted by molar-refractivity contribution is 0.761. The first-order valence-electron chi connectivity index (χ1n) is 2.68. The quantitative estimate of drug-likeness (QED) is 0.335. The van der Waals surface area contributed by atoms with E-state index in [0.29, 0.717) is 0 Å². The molecular weight excluding hydrogens is 126 g/mol. The van der Waals surface area contributed by atoms with Crippen LogP contribution in [0.3, 0.4) is 0 Å². The number of hydrogen-bond donors (Lipinski definition) is 1. The Labute approximate surface area is 52.0 Å². The Hall–Kier alpha value is 0.467. The van der Waals surface area contributed by atoms with E-state index in [-0.39, 0.29) is 8.83 Å². The molecule has 0 spiro atoms. The Morgan fingerprint density at radius 1 is 1.71 bits per heavy atom. The van der Waals surface area contributed by atoms with Crippen molar-refractivity contribution in [2.45, 2.75) is 13.0 Å². The summed E-state index contributed by atoms with van der Waals surface area (Å²) >= 11 is 5.54. The molecule has 0 aromatic carbocycles. The van der Waals surface area contributed by atoms with Crippen LogP contribution in [0.5, 0.6) is 0 Å². The van der Waals surface area contributed by atoms with Gasteiger partial charge in [0.15, 0.2) is 0 Å².